The molecule has 8 rings (SSSR count). The van der Waals surface area contributed by atoms with E-state index in [2.05, 4.69) is 237 Å². The van der Waals surface area contributed by atoms with Gasteiger partial charge in [0, 0.05) is 37.1 Å². The number of fused-ring (bicyclic) bond motifs is 6. The maximum absolute atomic E-state index is 4.25. The quantitative estimate of drug-likeness (QED) is 0.167. The van der Waals surface area contributed by atoms with E-state index in [9.17, 15) is 0 Å². The zero-order chi connectivity index (χ0) is 41.9. The van der Waals surface area contributed by atoms with Gasteiger partial charge in [0.15, 0.2) is 0 Å². The van der Waals surface area contributed by atoms with Gasteiger partial charge in [0.05, 0.1) is 27.8 Å². The standard InChI is InChI=1S/C55H61BrN2/c1-51(2,3)34-18-24-39(25-19-34)57-45-27-21-35(52(4,5)6)30-41(45)40-26-20-38(33-49(40)57)55(13,14)44-16-15-17-48(50(44)56)58-46-28-22-36(53(7,8)9)31-42(46)43-32-37(54(10,11)12)23-29-47(43)58/h15-33H,1-14H3. The minimum absolute atomic E-state index is 0.0480. The third kappa shape index (κ3) is 6.72. The second-order valence-electron chi connectivity index (χ2n) is 21.4. The van der Waals surface area contributed by atoms with Crippen LogP contribution in [0.5, 0.6) is 0 Å². The average molecular weight is 830 g/mol. The summed E-state index contributed by atoms with van der Waals surface area (Å²) in [5.74, 6) is 0. The monoisotopic (exact) mass is 828 g/mol. The summed E-state index contributed by atoms with van der Waals surface area (Å²) in [5, 5.41) is 5.18. The van der Waals surface area contributed by atoms with E-state index in [1.54, 1.807) is 0 Å². The van der Waals surface area contributed by atoms with Crippen LogP contribution in [-0.4, -0.2) is 9.13 Å². The summed E-state index contributed by atoms with van der Waals surface area (Å²) >= 11 is 4.25. The molecule has 0 aliphatic heterocycles. The van der Waals surface area contributed by atoms with E-state index in [0.29, 0.717) is 0 Å². The molecule has 8 aromatic rings. The number of benzene rings is 6. The van der Waals surface area contributed by atoms with Gasteiger partial charge in [-0.05, 0) is 132 Å². The zero-order valence-corrected chi connectivity index (χ0v) is 38.8. The fourth-order valence-corrected chi connectivity index (χ4v) is 9.75. The molecular weight excluding hydrogens is 769 g/mol. The third-order valence-electron chi connectivity index (χ3n) is 12.7. The SMILES string of the molecule is CC(C)(C)c1ccc(-n2c3ccc(C(C)(C)C)cc3c3ccc(C(C)(C)c4cccc(-n5c6ccc(C(C)(C)C)cc6c6cc(C(C)(C)C)ccc65)c4Br)cc32)cc1. The molecule has 3 heteroatoms. The molecule has 0 saturated heterocycles. The Hall–Kier alpha value is -4.60. The molecule has 298 valence electrons. The van der Waals surface area contributed by atoms with Gasteiger partial charge in [0.1, 0.15) is 0 Å². The normalized spacial score (nSPS) is 13.4. The van der Waals surface area contributed by atoms with Gasteiger partial charge in [-0.25, -0.2) is 0 Å². The first kappa shape index (κ1) is 40.2. The molecule has 0 unspecified atom stereocenters. The highest BCUT2D eigenvalue weighted by Crippen LogP contribution is 2.45. The summed E-state index contributed by atoms with van der Waals surface area (Å²) in [6, 6.07) is 44.4. The van der Waals surface area contributed by atoms with E-state index >= 15 is 0 Å². The Balaban J connectivity index is 1.33. The van der Waals surface area contributed by atoms with E-state index in [4.69, 9.17) is 0 Å². The average Bonchev–Trinajstić information content (AvgIpc) is 3.65. The lowest BCUT2D eigenvalue weighted by Crippen LogP contribution is -2.20. The van der Waals surface area contributed by atoms with Crippen molar-refractivity contribution in [3.8, 4) is 11.4 Å². The molecule has 2 heterocycles. The Morgan fingerprint density at radius 2 is 0.776 bits per heavy atom. The molecule has 0 aliphatic rings. The van der Waals surface area contributed by atoms with Crippen molar-refractivity contribution >= 4 is 59.5 Å². The summed E-state index contributed by atoms with van der Waals surface area (Å²) in [6.45, 7) is 32.3. The molecule has 0 fully saturated rings. The first-order valence-electron chi connectivity index (χ1n) is 21.0. The first-order valence-corrected chi connectivity index (χ1v) is 21.8. The van der Waals surface area contributed by atoms with Crippen molar-refractivity contribution in [1.82, 2.24) is 9.13 Å². The molecule has 0 bridgehead atoms. The van der Waals surface area contributed by atoms with Crippen molar-refractivity contribution in [2.75, 3.05) is 0 Å². The van der Waals surface area contributed by atoms with Crippen molar-refractivity contribution in [2.45, 2.75) is 124 Å². The van der Waals surface area contributed by atoms with Crippen LogP contribution in [0.1, 0.15) is 130 Å². The van der Waals surface area contributed by atoms with Crippen LogP contribution >= 0.6 is 15.9 Å². The van der Waals surface area contributed by atoms with Gasteiger partial charge in [-0.2, -0.15) is 0 Å². The number of aromatic nitrogens is 2. The molecule has 0 spiro atoms. The summed E-state index contributed by atoms with van der Waals surface area (Å²) in [4.78, 5) is 0. The smallest absolute Gasteiger partial charge is 0.0607 e. The Morgan fingerprint density at radius 3 is 1.24 bits per heavy atom. The summed E-state index contributed by atoms with van der Waals surface area (Å²) < 4.78 is 6.07. The van der Waals surface area contributed by atoms with Gasteiger partial charge in [0.2, 0.25) is 0 Å². The maximum Gasteiger partial charge on any atom is 0.0607 e. The molecule has 0 saturated carbocycles. The minimum atomic E-state index is -0.325. The second-order valence-corrected chi connectivity index (χ2v) is 22.2. The lowest BCUT2D eigenvalue weighted by Gasteiger charge is -2.29. The van der Waals surface area contributed by atoms with Crippen LogP contribution in [-0.2, 0) is 27.1 Å². The van der Waals surface area contributed by atoms with Crippen LogP contribution in [0.2, 0.25) is 0 Å². The largest absolute Gasteiger partial charge is 0.309 e. The number of halogens is 1. The second kappa shape index (κ2) is 13.5. The van der Waals surface area contributed by atoms with E-state index in [1.165, 1.54) is 82.7 Å². The fraction of sp³-hybridized carbons (Fsp3) is 0.345. The molecule has 0 radical (unpaired) electrons. The molecule has 2 nitrogen and oxygen atoms in total. The van der Waals surface area contributed by atoms with Gasteiger partial charge in [0.25, 0.3) is 0 Å². The van der Waals surface area contributed by atoms with Crippen LogP contribution in [0.3, 0.4) is 0 Å². The number of hydrogen-bond acceptors (Lipinski definition) is 0. The van der Waals surface area contributed by atoms with Gasteiger partial charge < -0.3 is 9.13 Å². The minimum Gasteiger partial charge on any atom is -0.309 e. The zero-order valence-electron chi connectivity index (χ0n) is 37.2. The number of nitrogens with zero attached hydrogens (tertiary/aromatic N) is 2. The Morgan fingerprint density at radius 1 is 0.362 bits per heavy atom. The third-order valence-corrected chi connectivity index (χ3v) is 13.6. The highest BCUT2D eigenvalue weighted by molar-refractivity contribution is 9.10. The predicted molar refractivity (Wildman–Crippen MR) is 256 cm³/mol. The van der Waals surface area contributed by atoms with Gasteiger partial charge in [-0.3, -0.25) is 0 Å². The summed E-state index contributed by atoms with van der Waals surface area (Å²) in [5.41, 5.74) is 15.1. The number of rotatable bonds is 4. The van der Waals surface area contributed by atoms with Crippen molar-refractivity contribution in [3.63, 3.8) is 0 Å². The van der Waals surface area contributed by atoms with E-state index < -0.39 is 0 Å². The first-order chi connectivity index (χ1) is 27.0. The summed E-state index contributed by atoms with van der Waals surface area (Å²) in [7, 11) is 0. The highest BCUT2D eigenvalue weighted by atomic mass is 79.9. The van der Waals surface area contributed by atoms with Crippen LogP contribution in [0, 0.1) is 0 Å². The molecule has 0 aliphatic carbocycles. The topological polar surface area (TPSA) is 9.86 Å². The molecule has 6 aromatic carbocycles. The van der Waals surface area contributed by atoms with Crippen LogP contribution in [0.15, 0.2) is 120 Å². The Labute approximate surface area is 355 Å². The van der Waals surface area contributed by atoms with E-state index in [0.717, 1.165) is 10.2 Å². The van der Waals surface area contributed by atoms with Crippen LogP contribution < -0.4 is 0 Å². The Bertz CT molecular complexity index is 2810. The summed E-state index contributed by atoms with van der Waals surface area (Å²) in [6.07, 6.45) is 0. The van der Waals surface area contributed by atoms with Crippen molar-refractivity contribution < 1.29 is 0 Å². The lowest BCUT2D eigenvalue weighted by molar-refractivity contribution is 0.590. The van der Waals surface area contributed by atoms with E-state index in [1.807, 2.05) is 0 Å². The maximum atomic E-state index is 4.25. The van der Waals surface area contributed by atoms with Crippen molar-refractivity contribution in [3.05, 3.63) is 153 Å². The lowest BCUT2D eigenvalue weighted by atomic mass is 9.77. The molecule has 2 aromatic heterocycles. The molecular formula is C55H61BrN2. The highest BCUT2D eigenvalue weighted by Gasteiger charge is 2.30. The van der Waals surface area contributed by atoms with Crippen molar-refractivity contribution in [2.24, 2.45) is 0 Å². The predicted octanol–water partition coefficient (Wildman–Crippen LogP) is 16.2. The molecule has 0 atom stereocenters. The van der Waals surface area contributed by atoms with Gasteiger partial charge >= 0.3 is 0 Å². The fourth-order valence-electron chi connectivity index (χ4n) is 8.81. The molecule has 0 N–H and O–H groups in total. The van der Waals surface area contributed by atoms with Gasteiger partial charge in [-0.15, -0.1) is 0 Å². The van der Waals surface area contributed by atoms with Crippen molar-refractivity contribution in [1.29, 1.82) is 0 Å². The van der Waals surface area contributed by atoms with Gasteiger partial charge in [-0.1, -0.05) is 152 Å². The number of hydrogen-bond donors (Lipinski definition) is 0. The molecule has 58 heavy (non-hydrogen) atoms. The molecule has 0 amide bonds. The van der Waals surface area contributed by atoms with Crippen LogP contribution in [0.4, 0.5) is 0 Å². The van der Waals surface area contributed by atoms with Crippen LogP contribution in [0.25, 0.3) is 55.0 Å². The van der Waals surface area contributed by atoms with E-state index in [-0.39, 0.29) is 27.1 Å². The Kier molecular flexibility index (Phi) is 9.33.